The first-order chi connectivity index (χ1) is 18.8. The van der Waals surface area contributed by atoms with E-state index < -0.39 is 11.6 Å². The Balaban J connectivity index is 1.85. The molecule has 39 heavy (non-hydrogen) atoms. The SMILES string of the molecule is CCOc1ccc([C@@H](C(=O)NC(C)(C)CC)N(C(=O)Cn2nnc3ccccc32)c2ccccc2OC)cc1. The number of hydrogen-bond donors (Lipinski definition) is 1. The maximum Gasteiger partial charge on any atom is 0.249 e. The van der Waals surface area contributed by atoms with Crippen molar-refractivity contribution in [3.8, 4) is 11.5 Å². The molecule has 9 nitrogen and oxygen atoms in total. The lowest BCUT2D eigenvalue weighted by molar-refractivity contribution is -0.128. The Hall–Kier alpha value is -4.40. The second-order valence-corrected chi connectivity index (χ2v) is 9.80. The molecule has 204 valence electrons. The normalized spacial score (nSPS) is 12.1. The molecule has 1 heterocycles. The van der Waals surface area contributed by atoms with Gasteiger partial charge >= 0.3 is 0 Å². The van der Waals surface area contributed by atoms with Crippen LogP contribution in [-0.2, 0) is 16.1 Å². The maximum atomic E-state index is 14.2. The van der Waals surface area contributed by atoms with Crippen molar-refractivity contribution in [2.75, 3.05) is 18.6 Å². The number of nitrogens with one attached hydrogen (secondary N) is 1. The number of carbonyl (C=O) groups is 2. The van der Waals surface area contributed by atoms with Gasteiger partial charge in [0.15, 0.2) is 0 Å². The van der Waals surface area contributed by atoms with E-state index >= 15 is 0 Å². The number of methoxy groups -OCH3 is 1. The minimum atomic E-state index is -0.995. The molecule has 1 N–H and O–H groups in total. The predicted octanol–water partition coefficient (Wildman–Crippen LogP) is 4.92. The van der Waals surface area contributed by atoms with E-state index in [0.29, 0.717) is 41.3 Å². The fourth-order valence-electron chi connectivity index (χ4n) is 4.31. The summed E-state index contributed by atoms with van der Waals surface area (Å²) in [4.78, 5) is 29.8. The monoisotopic (exact) mass is 529 g/mol. The number of amides is 2. The van der Waals surface area contributed by atoms with E-state index in [4.69, 9.17) is 9.47 Å². The Morgan fingerprint density at radius 3 is 2.38 bits per heavy atom. The summed E-state index contributed by atoms with van der Waals surface area (Å²) in [6.45, 7) is 8.22. The third-order valence-corrected chi connectivity index (χ3v) is 6.68. The Bertz CT molecular complexity index is 1430. The quantitative estimate of drug-likeness (QED) is 0.296. The first kappa shape index (κ1) is 27.6. The molecule has 1 atom stereocenters. The number of anilines is 1. The van der Waals surface area contributed by atoms with Gasteiger partial charge in [0.25, 0.3) is 0 Å². The smallest absolute Gasteiger partial charge is 0.249 e. The van der Waals surface area contributed by atoms with Gasteiger partial charge in [-0.2, -0.15) is 0 Å². The highest BCUT2D eigenvalue weighted by Gasteiger charge is 2.36. The van der Waals surface area contributed by atoms with Crippen molar-refractivity contribution in [3.05, 3.63) is 78.4 Å². The molecule has 0 saturated carbocycles. The van der Waals surface area contributed by atoms with E-state index in [1.165, 1.54) is 4.90 Å². The number of carbonyl (C=O) groups excluding carboxylic acids is 2. The highest BCUT2D eigenvalue weighted by molar-refractivity contribution is 6.02. The van der Waals surface area contributed by atoms with Gasteiger partial charge in [-0.05, 0) is 69.2 Å². The van der Waals surface area contributed by atoms with E-state index in [1.807, 2.05) is 76.2 Å². The van der Waals surface area contributed by atoms with E-state index in [0.717, 1.165) is 5.52 Å². The van der Waals surface area contributed by atoms with Gasteiger partial charge in [-0.15, -0.1) is 5.10 Å². The molecule has 2 amide bonds. The first-order valence-corrected chi connectivity index (χ1v) is 13.1. The van der Waals surface area contributed by atoms with Crippen LogP contribution in [0.3, 0.4) is 0 Å². The van der Waals surface area contributed by atoms with Crippen LogP contribution < -0.4 is 19.7 Å². The molecule has 0 fully saturated rings. The summed E-state index contributed by atoms with van der Waals surface area (Å²) in [6.07, 6.45) is 0.711. The van der Waals surface area contributed by atoms with Crippen LogP contribution in [0.1, 0.15) is 45.7 Å². The molecule has 0 bridgehead atoms. The molecule has 0 aliphatic carbocycles. The second kappa shape index (κ2) is 12.0. The Morgan fingerprint density at radius 2 is 1.69 bits per heavy atom. The van der Waals surface area contributed by atoms with Gasteiger partial charge in [-0.1, -0.05) is 48.5 Å². The van der Waals surface area contributed by atoms with Crippen LogP contribution in [-0.4, -0.2) is 46.1 Å². The molecule has 4 rings (SSSR count). The number of para-hydroxylation sites is 3. The largest absolute Gasteiger partial charge is 0.495 e. The summed E-state index contributed by atoms with van der Waals surface area (Å²) in [5.41, 5.74) is 2.01. The third kappa shape index (κ3) is 6.19. The van der Waals surface area contributed by atoms with Crippen molar-refractivity contribution < 1.29 is 19.1 Å². The number of fused-ring (bicyclic) bond motifs is 1. The molecule has 3 aromatic carbocycles. The summed E-state index contributed by atoms with van der Waals surface area (Å²) in [5, 5.41) is 11.5. The molecule has 0 aliphatic rings. The van der Waals surface area contributed by atoms with Crippen LogP contribution in [0.15, 0.2) is 72.8 Å². The van der Waals surface area contributed by atoms with Crippen molar-refractivity contribution in [2.45, 2.75) is 52.2 Å². The molecule has 1 aromatic heterocycles. The number of hydrogen-bond acceptors (Lipinski definition) is 6. The number of aromatic nitrogens is 3. The molecular formula is C30H35N5O4. The highest BCUT2D eigenvalue weighted by Crippen LogP contribution is 2.36. The van der Waals surface area contributed by atoms with E-state index in [1.54, 1.807) is 36.1 Å². The molecule has 0 saturated heterocycles. The number of ether oxygens (including phenoxy) is 2. The molecule has 0 radical (unpaired) electrons. The summed E-state index contributed by atoms with van der Waals surface area (Å²) < 4.78 is 12.8. The zero-order valence-electron chi connectivity index (χ0n) is 23.0. The Labute approximate surface area is 228 Å². The standard InChI is InChI=1S/C30H35N5O4/c1-6-30(3,4)31-29(37)28(21-16-18-22(19-17-21)39-7-2)35(25-14-10-11-15-26(25)38-5)27(36)20-34-24-13-9-8-12-23(24)32-33-34/h8-19,28H,6-7,20H2,1-5H3,(H,31,37)/t28-/m0/s1. The number of nitrogens with zero attached hydrogens (tertiary/aromatic N) is 4. The van der Waals surface area contributed by atoms with Crippen molar-refractivity contribution in [3.63, 3.8) is 0 Å². The van der Waals surface area contributed by atoms with Crippen molar-refractivity contribution >= 4 is 28.5 Å². The van der Waals surface area contributed by atoms with Crippen LogP contribution in [0.4, 0.5) is 5.69 Å². The summed E-state index contributed by atoms with van der Waals surface area (Å²) >= 11 is 0. The second-order valence-electron chi connectivity index (χ2n) is 9.80. The first-order valence-electron chi connectivity index (χ1n) is 13.1. The fraction of sp³-hybridized carbons (Fsp3) is 0.333. The third-order valence-electron chi connectivity index (χ3n) is 6.68. The van der Waals surface area contributed by atoms with Gasteiger partial charge in [0.05, 0.1) is 24.9 Å². The lowest BCUT2D eigenvalue weighted by atomic mass is 9.98. The summed E-state index contributed by atoms with van der Waals surface area (Å²) in [5.74, 6) is 0.485. The fourth-order valence-corrected chi connectivity index (χ4v) is 4.31. The molecule has 4 aromatic rings. The lowest BCUT2D eigenvalue weighted by Gasteiger charge is -2.35. The van der Waals surface area contributed by atoms with Gasteiger partial charge in [-0.3, -0.25) is 14.5 Å². The lowest BCUT2D eigenvalue weighted by Crippen LogP contribution is -2.51. The minimum Gasteiger partial charge on any atom is -0.495 e. The zero-order valence-corrected chi connectivity index (χ0v) is 23.0. The average molecular weight is 530 g/mol. The topological polar surface area (TPSA) is 98.6 Å². The van der Waals surface area contributed by atoms with E-state index in [9.17, 15) is 9.59 Å². The summed E-state index contributed by atoms with van der Waals surface area (Å²) in [6, 6.07) is 20.8. The molecule has 0 spiro atoms. The van der Waals surface area contributed by atoms with Crippen LogP contribution in [0.5, 0.6) is 11.5 Å². The van der Waals surface area contributed by atoms with Gasteiger partial charge in [-0.25, -0.2) is 4.68 Å². The van der Waals surface area contributed by atoms with Crippen molar-refractivity contribution in [1.82, 2.24) is 20.3 Å². The van der Waals surface area contributed by atoms with Crippen molar-refractivity contribution in [2.24, 2.45) is 0 Å². The van der Waals surface area contributed by atoms with E-state index in [2.05, 4.69) is 15.6 Å². The van der Waals surface area contributed by atoms with Crippen molar-refractivity contribution in [1.29, 1.82) is 0 Å². The van der Waals surface area contributed by atoms with Gasteiger partial charge < -0.3 is 14.8 Å². The van der Waals surface area contributed by atoms with Gasteiger partial charge in [0.1, 0.15) is 29.6 Å². The van der Waals surface area contributed by atoms with E-state index in [-0.39, 0.29) is 18.4 Å². The highest BCUT2D eigenvalue weighted by atomic mass is 16.5. The molecule has 9 heteroatoms. The Kier molecular flexibility index (Phi) is 8.49. The maximum absolute atomic E-state index is 14.2. The van der Waals surface area contributed by atoms with Crippen LogP contribution in [0.25, 0.3) is 11.0 Å². The minimum absolute atomic E-state index is 0.128. The van der Waals surface area contributed by atoms with Crippen LogP contribution in [0.2, 0.25) is 0 Å². The number of benzene rings is 3. The van der Waals surface area contributed by atoms with Gasteiger partial charge in [0, 0.05) is 5.54 Å². The molecule has 0 unspecified atom stereocenters. The molecule has 0 aliphatic heterocycles. The average Bonchev–Trinajstić information content (AvgIpc) is 3.34. The zero-order chi connectivity index (χ0) is 28.0. The van der Waals surface area contributed by atoms with Crippen LogP contribution >= 0.6 is 0 Å². The Morgan fingerprint density at radius 1 is 1.00 bits per heavy atom. The summed E-state index contributed by atoms with van der Waals surface area (Å²) in [7, 11) is 1.54. The predicted molar refractivity (Wildman–Crippen MR) is 151 cm³/mol. The van der Waals surface area contributed by atoms with Gasteiger partial charge in [0.2, 0.25) is 11.8 Å². The number of rotatable bonds is 11. The van der Waals surface area contributed by atoms with Crippen LogP contribution in [0, 0.1) is 0 Å². The molecular weight excluding hydrogens is 494 g/mol.